The molecule has 1 saturated heterocycles. The van der Waals surface area contributed by atoms with Gasteiger partial charge in [-0.1, -0.05) is 48.5 Å². The molecule has 1 aliphatic heterocycles. The van der Waals surface area contributed by atoms with E-state index in [2.05, 4.69) is 4.72 Å². The van der Waals surface area contributed by atoms with Crippen LogP contribution in [0.25, 0.3) is 10.8 Å². The third kappa shape index (κ3) is 5.55. The maximum absolute atomic E-state index is 13.7. The first kappa shape index (κ1) is 25.3. The normalized spacial score (nSPS) is 17.0. The van der Waals surface area contributed by atoms with E-state index in [1.807, 2.05) is 18.2 Å². The molecule has 0 aliphatic carbocycles. The Morgan fingerprint density at radius 2 is 1.81 bits per heavy atom. The molecule has 0 saturated carbocycles. The number of ketones is 1. The number of Topliss-reactive ketones (excluding diaryl/α,β-unsaturated/α-hetero) is 1. The zero-order valence-electron chi connectivity index (χ0n) is 19.6. The summed E-state index contributed by atoms with van der Waals surface area (Å²) < 4.78 is 29.4. The minimum absolute atomic E-state index is 0.00946. The van der Waals surface area contributed by atoms with Crippen LogP contribution in [0.4, 0.5) is 4.79 Å². The second kappa shape index (κ2) is 10.5. The number of amidine groups is 1. The van der Waals surface area contributed by atoms with E-state index >= 15 is 0 Å². The average Bonchev–Trinajstić information content (AvgIpc) is 2.87. The van der Waals surface area contributed by atoms with Gasteiger partial charge in [-0.15, -0.1) is 0 Å². The van der Waals surface area contributed by atoms with Gasteiger partial charge in [-0.05, 0) is 60.2 Å². The predicted octanol–water partition coefficient (Wildman–Crippen LogP) is 3.12. The molecule has 3 aromatic rings. The molecule has 188 valence electrons. The number of nitrogens with zero attached hydrogens (tertiary/aromatic N) is 1. The Balaban J connectivity index is 1.69. The van der Waals surface area contributed by atoms with Crippen molar-refractivity contribution in [2.45, 2.75) is 42.7 Å². The third-order valence-corrected chi connectivity index (χ3v) is 7.90. The number of hydrogen-bond acceptors (Lipinski definition) is 5. The van der Waals surface area contributed by atoms with Gasteiger partial charge in [-0.2, -0.15) is 0 Å². The van der Waals surface area contributed by atoms with Crippen molar-refractivity contribution in [2.75, 3.05) is 6.54 Å². The van der Waals surface area contributed by atoms with Crippen molar-refractivity contribution >= 4 is 38.5 Å². The van der Waals surface area contributed by atoms with Gasteiger partial charge in [0.25, 0.3) is 0 Å². The summed E-state index contributed by atoms with van der Waals surface area (Å²) in [5.74, 6) is -0.657. The number of nitrogen functional groups attached to an aromatic ring is 1. The molecule has 10 heteroatoms. The van der Waals surface area contributed by atoms with Gasteiger partial charge in [0.05, 0.1) is 17.0 Å². The van der Waals surface area contributed by atoms with Gasteiger partial charge in [-0.25, -0.2) is 17.9 Å². The maximum Gasteiger partial charge on any atom is 0.407 e. The zero-order chi connectivity index (χ0) is 25.9. The van der Waals surface area contributed by atoms with Crippen molar-refractivity contribution in [3.8, 4) is 0 Å². The van der Waals surface area contributed by atoms with Gasteiger partial charge < -0.3 is 10.8 Å². The summed E-state index contributed by atoms with van der Waals surface area (Å²) in [6.07, 6.45) is 0.417. The van der Waals surface area contributed by atoms with Crippen LogP contribution in [0, 0.1) is 5.41 Å². The highest BCUT2D eigenvalue weighted by atomic mass is 32.2. The average molecular weight is 509 g/mol. The van der Waals surface area contributed by atoms with E-state index in [1.165, 1.54) is 6.07 Å². The van der Waals surface area contributed by atoms with Gasteiger partial charge in [0.15, 0.2) is 5.78 Å². The molecular formula is C26H28N4O5S. The van der Waals surface area contributed by atoms with E-state index in [4.69, 9.17) is 11.1 Å². The first-order chi connectivity index (χ1) is 17.2. The number of hydrogen-bond donors (Lipinski definition) is 4. The topological polar surface area (TPSA) is 154 Å². The van der Waals surface area contributed by atoms with Crippen LogP contribution in [0.2, 0.25) is 0 Å². The number of sulfonamides is 1. The summed E-state index contributed by atoms with van der Waals surface area (Å²) in [5, 5.41) is 18.9. The van der Waals surface area contributed by atoms with Gasteiger partial charge in [-0.3, -0.25) is 15.1 Å². The SMILES string of the molecule is N=C(N)c1cccc(C[C@H](NS(=O)(=O)c2ccc3ccccc3c2)C(=O)C2CCCCN2C(=O)O)c1. The number of rotatable bonds is 8. The molecular weight excluding hydrogens is 480 g/mol. The minimum atomic E-state index is -4.12. The molecule has 36 heavy (non-hydrogen) atoms. The van der Waals surface area contributed by atoms with Gasteiger partial charge in [0, 0.05) is 12.1 Å². The number of carbonyl (C=O) groups excluding carboxylic acids is 1. The molecule has 0 aromatic heterocycles. The summed E-state index contributed by atoms with van der Waals surface area (Å²) in [7, 11) is -4.12. The number of piperidine rings is 1. The summed E-state index contributed by atoms with van der Waals surface area (Å²) in [4.78, 5) is 26.6. The van der Waals surface area contributed by atoms with Crippen molar-refractivity contribution in [3.63, 3.8) is 0 Å². The number of carbonyl (C=O) groups is 2. The highest BCUT2D eigenvalue weighted by Crippen LogP contribution is 2.23. The Kier molecular flexibility index (Phi) is 7.37. The number of likely N-dealkylation sites (tertiary alicyclic amines) is 1. The Hall–Kier alpha value is -3.76. The summed E-state index contributed by atoms with van der Waals surface area (Å²) >= 11 is 0. The maximum atomic E-state index is 13.7. The summed E-state index contributed by atoms with van der Waals surface area (Å²) in [6.45, 7) is 0.218. The lowest BCUT2D eigenvalue weighted by molar-refractivity contribution is -0.126. The van der Waals surface area contributed by atoms with E-state index in [9.17, 15) is 23.1 Å². The van der Waals surface area contributed by atoms with Gasteiger partial charge in [0.2, 0.25) is 10.0 Å². The monoisotopic (exact) mass is 508 g/mol. The molecule has 0 bridgehead atoms. The van der Waals surface area contributed by atoms with Crippen LogP contribution < -0.4 is 10.5 Å². The van der Waals surface area contributed by atoms with Crippen molar-refractivity contribution in [1.82, 2.24) is 9.62 Å². The van der Waals surface area contributed by atoms with Crippen LogP contribution in [0.15, 0.2) is 71.6 Å². The first-order valence-corrected chi connectivity index (χ1v) is 13.1. The molecule has 1 aliphatic rings. The molecule has 1 fully saturated rings. The van der Waals surface area contributed by atoms with E-state index in [-0.39, 0.29) is 23.7 Å². The van der Waals surface area contributed by atoms with Crippen molar-refractivity contribution < 1.29 is 23.1 Å². The fraction of sp³-hybridized carbons (Fsp3) is 0.269. The predicted molar refractivity (Wildman–Crippen MR) is 137 cm³/mol. The van der Waals surface area contributed by atoms with Crippen molar-refractivity contribution in [2.24, 2.45) is 5.73 Å². The van der Waals surface area contributed by atoms with E-state index in [1.54, 1.807) is 42.5 Å². The minimum Gasteiger partial charge on any atom is -0.465 e. The zero-order valence-corrected chi connectivity index (χ0v) is 20.4. The Morgan fingerprint density at radius 1 is 1.06 bits per heavy atom. The van der Waals surface area contributed by atoms with Crippen molar-refractivity contribution in [1.29, 1.82) is 5.41 Å². The number of carboxylic acid groups (broad SMARTS) is 1. The molecule has 1 heterocycles. The van der Waals surface area contributed by atoms with Gasteiger partial charge >= 0.3 is 6.09 Å². The number of nitrogens with one attached hydrogen (secondary N) is 2. The summed E-state index contributed by atoms with van der Waals surface area (Å²) in [6, 6.07) is 16.6. The Morgan fingerprint density at radius 3 is 2.53 bits per heavy atom. The second-order valence-electron chi connectivity index (χ2n) is 8.89. The number of amides is 1. The fourth-order valence-electron chi connectivity index (χ4n) is 4.58. The third-order valence-electron chi connectivity index (χ3n) is 6.43. The lowest BCUT2D eigenvalue weighted by Gasteiger charge is -2.34. The van der Waals surface area contributed by atoms with Crippen LogP contribution >= 0.6 is 0 Å². The number of benzene rings is 3. The van der Waals surface area contributed by atoms with Crippen molar-refractivity contribution in [3.05, 3.63) is 77.9 Å². The van der Waals surface area contributed by atoms with Crippen LogP contribution in [0.5, 0.6) is 0 Å². The quantitative estimate of drug-likeness (QED) is 0.271. The molecule has 9 nitrogen and oxygen atoms in total. The summed E-state index contributed by atoms with van der Waals surface area (Å²) in [5.41, 5.74) is 6.64. The Bertz CT molecular complexity index is 1420. The highest BCUT2D eigenvalue weighted by Gasteiger charge is 2.37. The number of fused-ring (bicyclic) bond motifs is 1. The largest absolute Gasteiger partial charge is 0.465 e. The standard InChI is InChI=1S/C26H28N4O5S/c27-25(28)20-9-5-6-17(14-20)15-22(24(31)23-10-3-4-13-30(23)26(32)33)29-36(34,35)21-12-11-18-7-1-2-8-19(18)16-21/h1-2,5-9,11-12,14,16,22-23,29H,3-4,10,13,15H2,(H3,27,28)(H,32,33)/t22-,23?/m0/s1. The molecule has 4 rings (SSSR count). The molecule has 0 spiro atoms. The number of nitrogens with two attached hydrogens (primary N) is 1. The van der Waals surface area contributed by atoms with Crippen LogP contribution in [-0.4, -0.2) is 54.8 Å². The molecule has 1 amide bonds. The molecule has 2 atom stereocenters. The fourth-order valence-corrected chi connectivity index (χ4v) is 5.82. The Labute approximate surface area is 209 Å². The van der Waals surface area contributed by atoms with E-state index < -0.39 is 34.0 Å². The lowest BCUT2D eigenvalue weighted by atomic mass is 9.92. The smallest absolute Gasteiger partial charge is 0.407 e. The molecule has 5 N–H and O–H groups in total. The highest BCUT2D eigenvalue weighted by molar-refractivity contribution is 7.89. The molecule has 0 radical (unpaired) electrons. The van der Waals surface area contributed by atoms with Crippen LogP contribution in [0.3, 0.4) is 0 Å². The van der Waals surface area contributed by atoms with Gasteiger partial charge in [0.1, 0.15) is 5.84 Å². The first-order valence-electron chi connectivity index (χ1n) is 11.6. The molecule has 1 unspecified atom stereocenters. The van der Waals surface area contributed by atoms with Crippen LogP contribution in [-0.2, 0) is 21.2 Å². The second-order valence-corrected chi connectivity index (χ2v) is 10.6. The van der Waals surface area contributed by atoms with Crippen LogP contribution in [0.1, 0.15) is 30.4 Å². The van der Waals surface area contributed by atoms with E-state index in [0.29, 0.717) is 30.4 Å². The van der Waals surface area contributed by atoms with E-state index in [0.717, 1.165) is 15.7 Å². The molecule has 3 aromatic carbocycles. The lowest BCUT2D eigenvalue weighted by Crippen LogP contribution is -2.55.